The van der Waals surface area contributed by atoms with Crippen molar-refractivity contribution in [3.63, 3.8) is 0 Å². The fourth-order valence-corrected chi connectivity index (χ4v) is 1.10. The van der Waals surface area contributed by atoms with Gasteiger partial charge in [-0.05, 0) is 13.0 Å². The van der Waals surface area contributed by atoms with Gasteiger partial charge in [0.15, 0.2) is 0 Å². The third-order valence-electron chi connectivity index (χ3n) is 0.934. The molecule has 0 aliphatic heterocycles. The molecule has 0 bridgehead atoms. The van der Waals surface area contributed by atoms with Crippen LogP contribution < -0.4 is 0 Å². The lowest BCUT2D eigenvalue weighted by molar-refractivity contribution is 1.26. The molecule has 0 aliphatic carbocycles. The smallest absolute Gasteiger partial charge is 0.0801 e. The van der Waals surface area contributed by atoms with Crippen LogP contribution in [0.2, 0.25) is 0 Å². The Kier molecular flexibility index (Phi) is 1.44. The van der Waals surface area contributed by atoms with E-state index in [1.54, 1.807) is 22.9 Å². The molecule has 1 aromatic rings. The Balaban J connectivity index is 3.09. The number of rotatable bonds is 1. The summed E-state index contributed by atoms with van der Waals surface area (Å²) in [7, 11) is 0. The number of aromatic nitrogens is 1. The second-order valence-electron chi connectivity index (χ2n) is 1.47. The summed E-state index contributed by atoms with van der Waals surface area (Å²) in [4.78, 5) is 5.05. The highest BCUT2D eigenvalue weighted by Gasteiger charge is 1.91. The van der Waals surface area contributed by atoms with Gasteiger partial charge >= 0.3 is 0 Å². The van der Waals surface area contributed by atoms with Gasteiger partial charge in [-0.1, -0.05) is 6.58 Å². The summed E-state index contributed by atoms with van der Waals surface area (Å²) in [5, 5.41) is 0. The van der Waals surface area contributed by atoms with E-state index in [4.69, 9.17) is 6.58 Å². The molecule has 1 nitrogen and oxygen atoms in total. The first kappa shape index (κ1) is 5.51. The molecule has 0 fully saturated rings. The van der Waals surface area contributed by atoms with Crippen LogP contribution in [0.25, 0.3) is 6.08 Å². The summed E-state index contributed by atoms with van der Waals surface area (Å²) in [6, 6.07) is 0. The van der Waals surface area contributed by atoms with Crippen molar-refractivity contribution in [2.75, 3.05) is 0 Å². The molecular formula is C6H6NS. The van der Waals surface area contributed by atoms with E-state index < -0.39 is 0 Å². The predicted molar refractivity (Wildman–Crippen MR) is 35.6 cm³/mol. The number of hydrogen-bond donors (Lipinski definition) is 0. The van der Waals surface area contributed by atoms with E-state index in [1.807, 2.05) is 6.92 Å². The van der Waals surface area contributed by atoms with Crippen molar-refractivity contribution in [3.8, 4) is 0 Å². The average Bonchev–Trinajstić information content (AvgIpc) is 2.14. The van der Waals surface area contributed by atoms with Crippen LogP contribution in [0.3, 0.4) is 0 Å². The maximum atomic E-state index is 5.24. The topological polar surface area (TPSA) is 12.9 Å². The maximum Gasteiger partial charge on any atom is 0.0801 e. The minimum Gasteiger partial charge on any atom is -0.249 e. The molecule has 2 heteroatoms. The quantitative estimate of drug-likeness (QED) is 0.557. The van der Waals surface area contributed by atoms with Crippen LogP contribution in [0.1, 0.15) is 10.6 Å². The first-order valence-electron chi connectivity index (χ1n) is 2.29. The summed E-state index contributed by atoms with van der Waals surface area (Å²) in [5.74, 6) is 0. The Morgan fingerprint density at radius 1 is 1.88 bits per heavy atom. The van der Waals surface area contributed by atoms with Crippen LogP contribution in [0.4, 0.5) is 0 Å². The highest BCUT2D eigenvalue weighted by atomic mass is 32.1. The van der Waals surface area contributed by atoms with E-state index in [1.165, 1.54) is 0 Å². The SMILES string of the molecule is [CH]=Cc1scnc1C. The number of aryl methyl sites for hydroxylation is 1. The Labute approximate surface area is 52.7 Å². The highest BCUT2D eigenvalue weighted by molar-refractivity contribution is 7.10. The lowest BCUT2D eigenvalue weighted by Gasteiger charge is -1.80. The summed E-state index contributed by atoms with van der Waals surface area (Å²) in [5.41, 5.74) is 2.80. The van der Waals surface area contributed by atoms with Gasteiger partial charge in [0.05, 0.1) is 11.2 Å². The normalized spacial score (nSPS) is 9.12. The van der Waals surface area contributed by atoms with Crippen molar-refractivity contribution in [3.05, 3.63) is 22.7 Å². The van der Waals surface area contributed by atoms with E-state index in [0.717, 1.165) is 10.6 Å². The predicted octanol–water partition coefficient (Wildman–Crippen LogP) is 1.90. The molecule has 0 amide bonds. The molecule has 0 aliphatic rings. The second kappa shape index (κ2) is 2.09. The molecule has 0 N–H and O–H groups in total. The Morgan fingerprint density at radius 3 is 2.88 bits per heavy atom. The molecule has 0 saturated heterocycles. The van der Waals surface area contributed by atoms with E-state index >= 15 is 0 Å². The van der Waals surface area contributed by atoms with Crippen LogP contribution in [0, 0.1) is 13.5 Å². The van der Waals surface area contributed by atoms with Gasteiger partial charge in [0.2, 0.25) is 0 Å². The molecule has 8 heavy (non-hydrogen) atoms. The monoisotopic (exact) mass is 124 g/mol. The van der Waals surface area contributed by atoms with Gasteiger partial charge in [-0.3, -0.25) is 0 Å². The van der Waals surface area contributed by atoms with Crippen molar-refractivity contribution >= 4 is 17.4 Å². The molecule has 1 radical (unpaired) electrons. The molecule has 0 spiro atoms. The lowest BCUT2D eigenvalue weighted by Crippen LogP contribution is -1.69. The van der Waals surface area contributed by atoms with E-state index in [0.29, 0.717) is 0 Å². The van der Waals surface area contributed by atoms with Crippen molar-refractivity contribution in [2.45, 2.75) is 6.92 Å². The Morgan fingerprint density at radius 2 is 2.62 bits per heavy atom. The highest BCUT2D eigenvalue weighted by Crippen LogP contribution is 2.11. The minimum absolute atomic E-state index is 1.01. The standard InChI is InChI=1S/C6H6NS/c1-3-6-5(2)7-4-8-6/h1,3-4H,2H3. The van der Waals surface area contributed by atoms with Crippen LogP contribution in [-0.2, 0) is 0 Å². The van der Waals surface area contributed by atoms with E-state index in [9.17, 15) is 0 Å². The zero-order valence-corrected chi connectivity index (χ0v) is 5.40. The van der Waals surface area contributed by atoms with Crippen molar-refractivity contribution in [1.82, 2.24) is 4.98 Å². The Bertz CT molecular complexity index is 190. The molecule has 0 unspecified atom stereocenters. The van der Waals surface area contributed by atoms with Gasteiger partial charge in [0.25, 0.3) is 0 Å². The minimum atomic E-state index is 1.01. The van der Waals surface area contributed by atoms with Crippen molar-refractivity contribution in [1.29, 1.82) is 0 Å². The van der Waals surface area contributed by atoms with Crippen molar-refractivity contribution in [2.24, 2.45) is 0 Å². The summed E-state index contributed by atoms with van der Waals surface area (Å²) >= 11 is 1.56. The van der Waals surface area contributed by atoms with Crippen LogP contribution in [0.15, 0.2) is 5.51 Å². The lowest BCUT2D eigenvalue weighted by atomic mass is 10.4. The van der Waals surface area contributed by atoms with Gasteiger partial charge in [-0.15, -0.1) is 11.3 Å². The van der Waals surface area contributed by atoms with Gasteiger partial charge < -0.3 is 0 Å². The first-order chi connectivity index (χ1) is 3.84. The maximum absolute atomic E-state index is 5.24. The molecule has 0 atom stereocenters. The van der Waals surface area contributed by atoms with Gasteiger partial charge in [0, 0.05) is 4.88 Å². The molecule has 1 rings (SSSR count). The van der Waals surface area contributed by atoms with Crippen LogP contribution in [-0.4, -0.2) is 4.98 Å². The second-order valence-corrected chi connectivity index (χ2v) is 2.36. The fourth-order valence-electron chi connectivity index (χ4n) is 0.471. The summed E-state index contributed by atoms with van der Waals surface area (Å²) < 4.78 is 0. The molecular weight excluding hydrogens is 118 g/mol. The van der Waals surface area contributed by atoms with E-state index in [-0.39, 0.29) is 0 Å². The van der Waals surface area contributed by atoms with Crippen molar-refractivity contribution < 1.29 is 0 Å². The van der Waals surface area contributed by atoms with E-state index in [2.05, 4.69) is 4.98 Å². The molecule has 0 aromatic carbocycles. The van der Waals surface area contributed by atoms with Gasteiger partial charge in [-0.2, -0.15) is 0 Å². The number of thiazole rings is 1. The fraction of sp³-hybridized carbons (Fsp3) is 0.167. The third-order valence-corrected chi connectivity index (χ3v) is 1.83. The molecule has 0 saturated carbocycles. The zero-order valence-electron chi connectivity index (χ0n) is 4.59. The molecule has 1 aromatic heterocycles. The molecule has 41 valence electrons. The number of hydrogen-bond acceptors (Lipinski definition) is 2. The van der Waals surface area contributed by atoms with Crippen LogP contribution >= 0.6 is 11.3 Å². The third kappa shape index (κ3) is 0.793. The van der Waals surface area contributed by atoms with Crippen LogP contribution in [0.5, 0.6) is 0 Å². The average molecular weight is 124 g/mol. The Hall–Kier alpha value is -0.630. The molecule has 1 heterocycles. The number of nitrogens with zero attached hydrogens (tertiary/aromatic N) is 1. The largest absolute Gasteiger partial charge is 0.249 e. The zero-order chi connectivity index (χ0) is 5.98. The first-order valence-corrected chi connectivity index (χ1v) is 3.17. The summed E-state index contributed by atoms with van der Waals surface area (Å²) in [6.45, 7) is 7.18. The summed E-state index contributed by atoms with van der Waals surface area (Å²) in [6.07, 6.45) is 1.58. The van der Waals surface area contributed by atoms with Gasteiger partial charge in [0.1, 0.15) is 0 Å². The van der Waals surface area contributed by atoms with Gasteiger partial charge in [-0.25, -0.2) is 4.98 Å².